The normalized spacial score (nSPS) is 15.4. The Morgan fingerprint density at radius 1 is 0.732 bits per heavy atom. The highest BCUT2D eigenvalue weighted by Crippen LogP contribution is 2.29. The van der Waals surface area contributed by atoms with Gasteiger partial charge < -0.3 is 14.4 Å². The van der Waals surface area contributed by atoms with Crippen LogP contribution >= 0.6 is 0 Å². The Labute approximate surface area is 335 Å². The molecule has 0 unspecified atom stereocenters. The van der Waals surface area contributed by atoms with Gasteiger partial charge in [-0.25, -0.2) is 0 Å². The van der Waals surface area contributed by atoms with Gasteiger partial charge in [0, 0.05) is 56.2 Å². The number of esters is 1. The van der Waals surface area contributed by atoms with E-state index in [2.05, 4.69) is 125 Å². The Morgan fingerprint density at radius 2 is 1.43 bits per heavy atom. The van der Waals surface area contributed by atoms with Gasteiger partial charge in [0.2, 0.25) is 11.8 Å². The van der Waals surface area contributed by atoms with E-state index in [-0.39, 0.29) is 18.6 Å². The van der Waals surface area contributed by atoms with Gasteiger partial charge in [-0.3, -0.25) is 19.4 Å². The number of aromatic nitrogens is 1. The number of benzene rings is 2. The molecule has 2 aliphatic rings. The van der Waals surface area contributed by atoms with Gasteiger partial charge in [-0.1, -0.05) is 104 Å². The van der Waals surface area contributed by atoms with Crippen molar-refractivity contribution in [2.75, 3.05) is 55.9 Å². The lowest BCUT2D eigenvalue weighted by Crippen LogP contribution is -2.46. The number of piperazine rings is 1. The summed E-state index contributed by atoms with van der Waals surface area (Å²) in [4.78, 5) is 36.6. The second-order valence-electron chi connectivity index (χ2n) is 14.4. The zero-order chi connectivity index (χ0) is 39.0. The van der Waals surface area contributed by atoms with E-state index in [1.807, 2.05) is 12.1 Å². The number of rotatable bonds is 23. The second-order valence-corrected chi connectivity index (χ2v) is 14.4. The highest BCUT2D eigenvalue weighted by molar-refractivity contribution is 5.95. The Bertz CT molecular complexity index is 1800. The molecular weight excluding hydrogens is 697 g/mol. The Kier molecular flexibility index (Phi) is 18.5. The first-order valence-corrected chi connectivity index (χ1v) is 20.9. The number of aryl methyl sites for hydroxylation is 1. The SMILES string of the molecule is CC/C=C\C/C=C\C/C=C\C/C=C\C/C=C\CCCCC(=O)OCN1C(=O)CCc2ccc(OCCCCN3CCN(c4cccc5ccccc45)CC3)nc21. The van der Waals surface area contributed by atoms with Gasteiger partial charge in [-0.05, 0) is 100 Å². The molecule has 0 spiro atoms. The standard InChI is InChI=1S/C48H62N4O4/c1-2-3-4-5-6-7-8-9-10-11-12-13-14-15-16-17-18-19-29-47(54)56-40-52-46(53)33-31-42-30-32-45(49-48(42)52)55-39-23-22-34-50-35-37-51(38-36-50)44-28-24-26-41-25-20-21-27-43(41)44/h3-4,6-7,9-10,12-13,15-16,20-21,24-28,30,32H,2,5,8,11,14,17-19,22-23,29,31,33-40H2,1H3/b4-3-,7-6-,10-9-,13-12-,16-15-. The number of ether oxygens (including phenoxy) is 2. The van der Waals surface area contributed by atoms with E-state index in [9.17, 15) is 9.59 Å². The number of allylic oxidation sites excluding steroid dienone is 10. The fourth-order valence-corrected chi connectivity index (χ4v) is 7.02. The molecule has 1 aromatic heterocycles. The van der Waals surface area contributed by atoms with Crippen LogP contribution in [-0.2, 0) is 20.7 Å². The average Bonchev–Trinajstić information content (AvgIpc) is 3.22. The van der Waals surface area contributed by atoms with Crippen molar-refractivity contribution in [3.8, 4) is 5.88 Å². The maximum absolute atomic E-state index is 12.8. The third-order valence-electron chi connectivity index (χ3n) is 10.2. The molecule has 2 aliphatic heterocycles. The summed E-state index contributed by atoms with van der Waals surface area (Å²) < 4.78 is 11.6. The lowest BCUT2D eigenvalue weighted by atomic mass is 10.1. The molecule has 0 bridgehead atoms. The fourth-order valence-electron chi connectivity index (χ4n) is 7.02. The van der Waals surface area contributed by atoms with Crippen molar-refractivity contribution < 1.29 is 19.1 Å². The van der Waals surface area contributed by atoms with E-state index in [0.29, 0.717) is 37.6 Å². The van der Waals surface area contributed by atoms with Crippen LogP contribution in [0.25, 0.3) is 10.8 Å². The van der Waals surface area contributed by atoms with Gasteiger partial charge in [0.05, 0.1) is 6.61 Å². The van der Waals surface area contributed by atoms with Crippen LogP contribution in [0, 0.1) is 0 Å². The fraction of sp³-hybridized carbons (Fsp3) is 0.438. The summed E-state index contributed by atoms with van der Waals surface area (Å²) in [5.74, 6) is 0.646. The molecule has 2 aromatic carbocycles. The van der Waals surface area contributed by atoms with E-state index >= 15 is 0 Å². The first-order valence-electron chi connectivity index (χ1n) is 20.9. The third kappa shape index (κ3) is 14.3. The number of pyridine rings is 1. The molecule has 0 aliphatic carbocycles. The zero-order valence-corrected chi connectivity index (χ0v) is 33.5. The molecule has 0 saturated carbocycles. The number of fused-ring (bicyclic) bond motifs is 2. The number of hydrogen-bond acceptors (Lipinski definition) is 7. The summed E-state index contributed by atoms with van der Waals surface area (Å²) >= 11 is 0. The van der Waals surface area contributed by atoms with E-state index in [1.54, 1.807) is 0 Å². The number of carbonyl (C=O) groups is 2. The van der Waals surface area contributed by atoms with Crippen LogP contribution in [0.5, 0.6) is 5.88 Å². The minimum atomic E-state index is -0.295. The van der Waals surface area contributed by atoms with Crippen LogP contribution in [0.15, 0.2) is 115 Å². The minimum absolute atomic E-state index is 0.0890. The lowest BCUT2D eigenvalue weighted by Gasteiger charge is -2.36. The van der Waals surface area contributed by atoms with Crippen LogP contribution in [0.1, 0.15) is 89.5 Å². The molecule has 298 valence electrons. The van der Waals surface area contributed by atoms with E-state index < -0.39 is 0 Å². The predicted molar refractivity (Wildman–Crippen MR) is 231 cm³/mol. The monoisotopic (exact) mass is 758 g/mol. The van der Waals surface area contributed by atoms with Crippen molar-refractivity contribution in [2.24, 2.45) is 0 Å². The summed E-state index contributed by atoms with van der Waals surface area (Å²) in [6.07, 6.45) is 32.8. The van der Waals surface area contributed by atoms with Gasteiger partial charge in [-0.2, -0.15) is 4.98 Å². The summed E-state index contributed by atoms with van der Waals surface area (Å²) in [6.45, 7) is 7.79. The minimum Gasteiger partial charge on any atom is -0.478 e. The van der Waals surface area contributed by atoms with Crippen LogP contribution < -0.4 is 14.5 Å². The molecule has 1 saturated heterocycles. The first-order chi connectivity index (χ1) is 27.6. The average molecular weight is 759 g/mol. The second kappa shape index (κ2) is 24.5. The van der Waals surface area contributed by atoms with Crippen LogP contribution in [-0.4, -0.2) is 67.8 Å². The smallest absolute Gasteiger partial charge is 0.307 e. The van der Waals surface area contributed by atoms with Gasteiger partial charge in [-0.15, -0.1) is 0 Å². The topological polar surface area (TPSA) is 75.2 Å². The van der Waals surface area contributed by atoms with Crippen LogP contribution in [0.3, 0.4) is 0 Å². The molecule has 0 atom stereocenters. The highest BCUT2D eigenvalue weighted by atomic mass is 16.5. The molecule has 5 rings (SSSR count). The first kappa shape index (κ1) is 42.2. The quantitative estimate of drug-likeness (QED) is 0.0541. The molecule has 8 heteroatoms. The summed E-state index contributed by atoms with van der Waals surface area (Å²) in [5, 5.41) is 2.61. The number of amides is 1. The van der Waals surface area contributed by atoms with Crippen molar-refractivity contribution in [3.63, 3.8) is 0 Å². The van der Waals surface area contributed by atoms with E-state index in [0.717, 1.165) is 102 Å². The van der Waals surface area contributed by atoms with Crippen molar-refractivity contribution in [1.29, 1.82) is 0 Å². The van der Waals surface area contributed by atoms with E-state index in [1.165, 1.54) is 21.4 Å². The molecule has 3 heterocycles. The molecule has 0 N–H and O–H groups in total. The van der Waals surface area contributed by atoms with Crippen molar-refractivity contribution in [2.45, 2.75) is 90.4 Å². The van der Waals surface area contributed by atoms with Gasteiger partial charge in [0.1, 0.15) is 5.82 Å². The number of nitrogens with zero attached hydrogens (tertiary/aromatic N) is 4. The number of hydrogen-bond donors (Lipinski definition) is 0. The zero-order valence-electron chi connectivity index (χ0n) is 33.5. The Balaban J connectivity index is 0.919. The molecule has 0 radical (unpaired) electrons. The maximum atomic E-state index is 12.8. The third-order valence-corrected chi connectivity index (χ3v) is 10.2. The molecule has 3 aromatic rings. The lowest BCUT2D eigenvalue weighted by molar-refractivity contribution is -0.144. The highest BCUT2D eigenvalue weighted by Gasteiger charge is 2.27. The molecule has 1 amide bonds. The van der Waals surface area contributed by atoms with Gasteiger partial charge >= 0.3 is 5.97 Å². The molecule has 8 nitrogen and oxygen atoms in total. The number of carbonyl (C=O) groups excluding carboxylic acids is 2. The van der Waals surface area contributed by atoms with Gasteiger partial charge in [0.25, 0.3) is 0 Å². The van der Waals surface area contributed by atoms with Crippen molar-refractivity contribution in [3.05, 3.63) is 121 Å². The summed E-state index contributed by atoms with van der Waals surface area (Å²) in [6, 6.07) is 19.1. The van der Waals surface area contributed by atoms with Crippen molar-refractivity contribution in [1.82, 2.24) is 9.88 Å². The largest absolute Gasteiger partial charge is 0.478 e. The van der Waals surface area contributed by atoms with Crippen LogP contribution in [0.4, 0.5) is 11.5 Å². The molecular formula is C48H62N4O4. The maximum Gasteiger partial charge on any atom is 0.307 e. The van der Waals surface area contributed by atoms with Crippen LogP contribution in [0.2, 0.25) is 0 Å². The van der Waals surface area contributed by atoms with Gasteiger partial charge in [0.15, 0.2) is 6.73 Å². The predicted octanol–water partition coefficient (Wildman–Crippen LogP) is 10.3. The molecule has 56 heavy (non-hydrogen) atoms. The number of unbranched alkanes of at least 4 members (excludes halogenated alkanes) is 3. The van der Waals surface area contributed by atoms with E-state index in [4.69, 9.17) is 9.47 Å². The summed E-state index contributed by atoms with van der Waals surface area (Å²) in [5.41, 5.74) is 2.29. The van der Waals surface area contributed by atoms with Crippen molar-refractivity contribution >= 4 is 34.2 Å². The number of anilines is 2. The summed E-state index contributed by atoms with van der Waals surface area (Å²) in [7, 11) is 0. The molecule has 1 fully saturated rings. The Hall–Kier alpha value is -4.95. The Morgan fingerprint density at radius 3 is 2.18 bits per heavy atom.